The van der Waals surface area contributed by atoms with Crippen molar-refractivity contribution in [3.63, 3.8) is 0 Å². The lowest BCUT2D eigenvalue weighted by atomic mass is 9.95. The minimum absolute atomic E-state index is 1.07. The van der Waals surface area contributed by atoms with Crippen molar-refractivity contribution in [1.82, 2.24) is 0 Å². The van der Waals surface area contributed by atoms with Gasteiger partial charge in [0.2, 0.25) is 0 Å². The molecule has 0 aliphatic rings. The minimum Gasteiger partial charge on any atom is -0.0769 e. The molecule has 0 aliphatic heterocycles. The highest BCUT2D eigenvalue weighted by atomic mass is 79.9. The normalized spacial score (nSPS) is 12.7. The van der Waals surface area contributed by atoms with Gasteiger partial charge < -0.3 is 0 Å². The van der Waals surface area contributed by atoms with Gasteiger partial charge in [0.25, 0.3) is 0 Å². The Labute approximate surface area is 115 Å². The van der Waals surface area contributed by atoms with Crippen LogP contribution in [0.3, 0.4) is 0 Å². The Balaban J connectivity index is 2.67. The van der Waals surface area contributed by atoms with Crippen LogP contribution in [0, 0.1) is 6.92 Å². The topological polar surface area (TPSA) is 0 Å². The molecule has 0 saturated heterocycles. The first kappa shape index (κ1) is 11.7. The Morgan fingerprint density at radius 2 is 1.78 bits per heavy atom. The third-order valence-corrected chi connectivity index (χ3v) is 4.22. The summed E-state index contributed by atoms with van der Waals surface area (Å²) in [6.45, 7) is 4.38. The van der Waals surface area contributed by atoms with Crippen LogP contribution in [-0.2, 0) is 0 Å². The molecule has 0 spiro atoms. The van der Waals surface area contributed by atoms with Gasteiger partial charge in [-0.1, -0.05) is 59.3 Å². The smallest absolute Gasteiger partial charge is 0.0254 e. The molecule has 90 valence electrons. The van der Waals surface area contributed by atoms with E-state index in [1.165, 1.54) is 36.8 Å². The Morgan fingerprint density at radius 1 is 1.00 bits per heavy atom. The van der Waals surface area contributed by atoms with Crippen molar-refractivity contribution in [2.45, 2.75) is 20.3 Å². The SMILES string of the molecule is CC/C=c1/ccc2c(Br)ccc3ccc(C)c1c32. The van der Waals surface area contributed by atoms with Crippen LogP contribution in [0.15, 0.2) is 40.9 Å². The summed E-state index contributed by atoms with van der Waals surface area (Å²) >= 11 is 3.66. The Morgan fingerprint density at radius 3 is 2.56 bits per heavy atom. The lowest BCUT2D eigenvalue weighted by molar-refractivity contribution is 1.29. The van der Waals surface area contributed by atoms with Crippen molar-refractivity contribution in [3.8, 4) is 0 Å². The van der Waals surface area contributed by atoms with E-state index in [1.54, 1.807) is 0 Å². The minimum atomic E-state index is 1.07. The van der Waals surface area contributed by atoms with Gasteiger partial charge in [-0.25, -0.2) is 0 Å². The fraction of sp³-hybridized carbons (Fsp3) is 0.176. The maximum absolute atomic E-state index is 3.66. The van der Waals surface area contributed by atoms with E-state index in [0.717, 1.165) is 6.42 Å². The van der Waals surface area contributed by atoms with Gasteiger partial charge in [0.1, 0.15) is 0 Å². The molecule has 0 fully saturated rings. The van der Waals surface area contributed by atoms with E-state index in [2.05, 4.69) is 72.3 Å². The van der Waals surface area contributed by atoms with E-state index >= 15 is 0 Å². The molecule has 0 nitrogen and oxygen atoms in total. The molecule has 0 amide bonds. The summed E-state index contributed by atoms with van der Waals surface area (Å²) in [6, 6.07) is 13.2. The molecule has 3 rings (SSSR count). The second-order valence-corrected chi connectivity index (χ2v) is 5.57. The fourth-order valence-electron chi connectivity index (χ4n) is 2.71. The van der Waals surface area contributed by atoms with Crippen LogP contribution in [0.1, 0.15) is 18.9 Å². The van der Waals surface area contributed by atoms with E-state index < -0.39 is 0 Å². The maximum Gasteiger partial charge on any atom is 0.0254 e. The Hall–Kier alpha value is -1.34. The van der Waals surface area contributed by atoms with Crippen LogP contribution in [0.5, 0.6) is 0 Å². The number of hydrogen-bond acceptors (Lipinski definition) is 0. The van der Waals surface area contributed by atoms with Crippen LogP contribution >= 0.6 is 15.9 Å². The van der Waals surface area contributed by atoms with Crippen molar-refractivity contribution in [2.24, 2.45) is 0 Å². The second kappa shape index (κ2) is 4.40. The van der Waals surface area contributed by atoms with E-state index in [1.807, 2.05) is 0 Å². The molecule has 0 heterocycles. The summed E-state index contributed by atoms with van der Waals surface area (Å²) < 4.78 is 1.17. The molecular formula is C17H15Br. The molecule has 3 aromatic carbocycles. The molecule has 0 atom stereocenters. The quantitative estimate of drug-likeness (QED) is 0.595. The van der Waals surface area contributed by atoms with E-state index in [4.69, 9.17) is 0 Å². The van der Waals surface area contributed by atoms with E-state index in [-0.39, 0.29) is 0 Å². The number of rotatable bonds is 1. The number of halogens is 1. The number of aryl methyl sites for hydroxylation is 1. The van der Waals surface area contributed by atoms with Gasteiger partial charge >= 0.3 is 0 Å². The largest absolute Gasteiger partial charge is 0.0769 e. The third kappa shape index (κ3) is 1.65. The molecule has 0 bridgehead atoms. The maximum atomic E-state index is 3.66. The fourth-order valence-corrected chi connectivity index (χ4v) is 3.17. The summed E-state index contributed by atoms with van der Waals surface area (Å²) in [5, 5.41) is 6.76. The molecule has 0 aliphatic carbocycles. The summed E-state index contributed by atoms with van der Waals surface area (Å²) in [5.41, 5.74) is 1.35. The van der Waals surface area contributed by atoms with Gasteiger partial charge in [-0.15, -0.1) is 0 Å². The first-order chi connectivity index (χ1) is 8.72. The van der Waals surface area contributed by atoms with Crippen molar-refractivity contribution in [1.29, 1.82) is 0 Å². The van der Waals surface area contributed by atoms with Gasteiger partial charge in [-0.3, -0.25) is 0 Å². The first-order valence-corrected chi connectivity index (χ1v) is 7.12. The van der Waals surface area contributed by atoms with Crippen molar-refractivity contribution in [3.05, 3.63) is 51.7 Å². The molecular weight excluding hydrogens is 284 g/mol. The number of benzene rings is 3. The lowest BCUT2D eigenvalue weighted by Gasteiger charge is -2.10. The van der Waals surface area contributed by atoms with Gasteiger partial charge in [0.05, 0.1) is 0 Å². The molecule has 0 unspecified atom stereocenters. The zero-order chi connectivity index (χ0) is 12.7. The summed E-state index contributed by atoms with van der Waals surface area (Å²) in [5.74, 6) is 0. The highest BCUT2D eigenvalue weighted by molar-refractivity contribution is 9.10. The Bertz CT molecular complexity index is 779. The van der Waals surface area contributed by atoms with Crippen molar-refractivity contribution >= 4 is 43.6 Å². The number of hydrogen-bond donors (Lipinski definition) is 0. The highest BCUT2D eigenvalue weighted by Gasteiger charge is 2.07. The standard InChI is InChI=1S/C17H15Br/c1-3-4-12-7-9-14-15(18)10-8-13-6-5-11(2)16(12)17(13)14/h4-10H,3H2,1-2H3/b12-4-. The summed E-state index contributed by atoms with van der Waals surface area (Å²) in [6.07, 6.45) is 3.38. The zero-order valence-corrected chi connectivity index (χ0v) is 12.2. The zero-order valence-electron chi connectivity index (χ0n) is 10.6. The first-order valence-electron chi connectivity index (χ1n) is 6.33. The highest BCUT2D eigenvalue weighted by Crippen LogP contribution is 2.31. The average molecular weight is 299 g/mol. The van der Waals surface area contributed by atoms with E-state index in [0.29, 0.717) is 0 Å². The van der Waals surface area contributed by atoms with Crippen LogP contribution in [0.4, 0.5) is 0 Å². The lowest BCUT2D eigenvalue weighted by Crippen LogP contribution is -2.03. The van der Waals surface area contributed by atoms with Crippen LogP contribution in [-0.4, -0.2) is 0 Å². The predicted molar refractivity (Wildman–Crippen MR) is 83.9 cm³/mol. The van der Waals surface area contributed by atoms with Gasteiger partial charge in [0, 0.05) is 4.47 Å². The van der Waals surface area contributed by atoms with Crippen LogP contribution < -0.4 is 5.22 Å². The van der Waals surface area contributed by atoms with Crippen LogP contribution in [0.25, 0.3) is 27.6 Å². The van der Waals surface area contributed by atoms with Crippen LogP contribution in [0.2, 0.25) is 0 Å². The van der Waals surface area contributed by atoms with Gasteiger partial charge in [-0.05, 0) is 51.7 Å². The molecule has 1 heteroatoms. The monoisotopic (exact) mass is 298 g/mol. The summed E-state index contributed by atoms with van der Waals surface area (Å²) in [4.78, 5) is 0. The molecule has 18 heavy (non-hydrogen) atoms. The van der Waals surface area contributed by atoms with Crippen molar-refractivity contribution < 1.29 is 0 Å². The second-order valence-electron chi connectivity index (χ2n) is 4.72. The summed E-state index contributed by atoms with van der Waals surface area (Å²) in [7, 11) is 0. The van der Waals surface area contributed by atoms with Gasteiger partial charge in [0.15, 0.2) is 0 Å². The molecule has 0 radical (unpaired) electrons. The van der Waals surface area contributed by atoms with Gasteiger partial charge in [-0.2, -0.15) is 0 Å². The molecule has 3 aromatic rings. The molecule has 0 aromatic heterocycles. The Kier molecular flexibility index (Phi) is 2.87. The third-order valence-electron chi connectivity index (χ3n) is 3.52. The molecule has 0 saturated carbocycles. The predicted octanol–water partition coefficient (Wildman–Crippen LogP) is 4.97. The van der Waals surface area contributed by atoms with E-state index in [9.17, 15) is 0 Å². The van der Waals surface area contributed by atoms with Crippen molar-refractivity contribution in [2.75, 3.05) is 0 Å². The molecule has 0 N–H and O–H groups in total. The average Bonchev–Trinajstić information content (AvgIpc) is 2.37.